The average molecular weight is 354 g/mol. The fraction of sp³-hybridized carbons (Fsp3) is 0.353. The lowest BCUT2D eigenvalue weighted by Crippen LogP contribution is -2.33. The van der Waals surface area contributed by atoms with Crippen molar-refractivity contribution in [1.29, 1.82) is 0 Å². The second-order valence-electron chi connectivity index (χ2n) is 6.21. The number of rotatable bonds is 4. The highest BCUT2D eigenvalue weighted by Gasteiger charge is 2.23. The van der Waals surface area contributed by atoms with Crippen LogP contribution >= 0.6 is 0 Å². The first-order chi connectivity index (χ1) is 12.7. The molecule has 3 aromatic rings. The molecule has 1 aliphatic rings. The molecule has 0 fully saturated rings. The number of hydrogen-bond acceptors (Lipinski definition) is 7. The molecule has 4 rings (SSSR count). The Kier molecular flexibility index (Phi) is 4.44. The fourth-order valence-electron chi connectivity index (χ4n) is 2.83. The van der Waals surface area contributed by atoms with E-state index in [1.165, 1.54) is 6.20 Å². The van der Waals surface area contributed by atoms with Crippen LogP contribution in [0.1, 0.15) is 21.9 Å². The Morgan fingerprint density at radius 2 is 2.31 bits per heavy atom. The van der Waals surface area contributed by atoms with Crippen molar-refractivity contribution < 1.29 is 13.9 Å². The van der Waals surface area contributed by atoms with Gasteiger partial charge in [-0.15, -0.1) is 5.10 Å². The van der Waals surface area contributed by atoms with Gasteiger partial charge in [0.05, 0.1) is 43.3 Å². The summed E-state index contributed by atoms with van der Waals surface area (Å²) in [5, 5.41) is 11.3. The maximum absolute atomic E-state index is 12.2. The van der Waals surface area contributed by atoms with Crippen molar-refractivity contribution in [2.24, 2.45) is 5.92 Å². The Labute approximate surface area is 149 Å². The molecule has 0 saturated heterocycles. The summed E-state index contributed by atoms with van der Waals surface area (Å²) in [5.74, 6) is -0.169. The molecule has 1 amide bonds. The quantitative estimate of drug-likeness (QED) is 0.750. The molecular weight excluding hydrogens is 336 g/mol. The van der Waals surface area contributed by atoms with Gasteiger partial charge in [-0.05, 0) is 13.0 Å². The minimum atomic E-state index is -0.250. The maximum atomic E-state index is 12.2. The topological polar surface area (TPSA) is 108 Å². The highest BCUT2D eigenvalue weighted by atomic mass is 16.5. The van der Waals surface area contributed by atoms with Crippen molar-refractivity contribution in [3.8, 4) is 11.3 Å². The first-order valence-electron chi connectivity index (χ1n) is 8.30. The SMILES string of the molecule is Cc1cnc(C(=O)NCC2COCc3c(-c4ccoc4)nnn3C2)cn1. The Hall–Kier alpha value is -3.07. The molecule has 1 aliphatic heterocycles. The molecule has 0 bridgehead atoms. The molecule has 0 saturated carbocycles. The van der Waals surface area contributed by atoms with E-state index in [2.05, 4.69) is 25.6 Å². The Balaban J connectivity index is 1.42. The highest BCUT2D eigenvalue weighted by Crippen LogP contribution is 2.24. The molecule has 1 unspecified atom stereocenters. The molecule has 26 heavy (non-hydrogen) atoms. The van der Waals surface area contributed by atoms with E-state index in [9.17, 15) is 4.79 Å². The molecule has 134 valence electrons. The fourth-order valence-corrected chi connectivity index (χ4v) is 2.83. The minimum absolute atomic E-state index is 0.0810. The lowest BCUT2D eigenvalue weighted by Gasteiger charge is -2.14. The number of furan rings is 1. The third kappa shape index (κ3) is 3.33. The van der Waals surface area contributed by atoms with Crippen LogP contribution in [0.15, 0.2) is 35.4 Å². The molecular formula is C17H18N6O3. The van der Waals surface area contributed by atoms with Gasteiger partial charge >= 0.3 is 0 Å². The van der Waals surface area contributed by atoms with Crippen LogP contribution in [0.2, 0.25) is 0 Å². The van der Waals surface area contributed by atoms with Crippen LogP contribution in [0.4, 0.5) is 0 Å². The first kappa shape index (κ1) is 16.4. The van der Waals surface area contributed by atoms with E-state index < -0.39 is 0 Å². The molecule has 4 heterocycles. The highest BCUT2D eigenvalue weighted by molar-refractivity contribution is 5.91. The van der Waals surface area contributed by atoms with Gasteiger partial charge in [0.2, 0.25) is 0 Å². The number of hydrogen-bond donors (Lipinski definition) is 1. The zero-order chi connectivity index (χ0) is 17.9. The van der Waals surface area contributed by atoms with Crippen molar-refractivity contribution in [1.82, 2.24) is 30.3 Å². The van der Waals surface area contributed by atoms with E-state index in [4.69, 9.17) is 9.15 Å². The van der Waals surface area contributed by atoms with Gasteiger partial charge in [0.1, 0.15) is 11.4 Å². The van der Waals surface area contributed by atoms with Crippen molar-refractivity contribution in [3.05, 3.63) is 48.1 Å². The lowest BCUT2D eigenvalue weighted by atomic mass is 10.1. The van der Waals surface area contributed by atoms with Crippen LogP contribution in [0.25, 0.3) is 11.3 Å². The van der Waals surface area contributed by atoms with Gasteiger partial charge in [-0.1, -0.05) is 5.21 Å². The summed E-state index contributed by atoms with van der Waals surface area (Å²) in [6.07, 6.45) is 6.28. The molecule has 3 aromatic heterocycles. The number of carbonyl (C=O) groups is 1. The van der Waals surface area contributed by atoms with E-state index in [0.717, 1.165) is 22.6 Å². The summed E-state index contributed by atoms with van der Waals surface area (Å²) in [6.45, 7) is 3.83. The van der Waals surface area contributed by atoms with Gasteiger partial charge in [-0.2, -0.15) is 0 Å². The van der Waals surface area contributed by atoms with Gasteiger partial charge in [-0.3, -0.25) is 9.78 Å². The summed E-state index contributed by atoms with van der Waals surface area (Å²) in [4.78, 5) is 20.4. The zero-order valence-corrected chi connectivity index (χ0v) is 14.3. The van der Waals surface area contributed by atoms with Gasteiger partial charge in [-0.25, -0.2) is 9.67 Å². The molecule has 0 aliphatic carbocycles. The largest absolute Gasteiger partial charge is 0.472 e. The number of aromatic nitrogens is 5. The summed E-state index contributed by atoms with van der Waals surface area (Å²) in [5.41, 5.74) is 3.61. The molecule has 1 atom stereocenters. The van der Waals surface area contributed by atoms with Crippen molar-refractivity contribution in [2.45, 2.75) is 20.1 Å². The average Bonchev–Trinajstić information content (AvgIpc) is 3.26. The number of nitrogens with zero attached hydrogens (tertiary/aromatic N) is 5. The normalized spacial score (nSPS) is 16.7. The third-order valence-electron chi connectivity index (χ3n) is 4.22. The number of ether oxygens (including phenoxy) is 1. The second-order valence-corrected chi connectivity index (χ2v) is 6.21. The van der Waals surface area contributed by atoms with Crippen LogP contribution in [-0.4, -0.2) is 44.0 Å². The van der Waals surface area contributed by atoms with Gasteiger partial charge in [0, 0.05) is 30.8 Å². The Morgan fingerprint density at radius 3 is 3.08 bits per heavy atom. The summed E-state index contributed by atoms with van der Waals surface area (Å²) < 4.78 is 12.7. The van der Waals surface area contributed by atoms with Crippen LogP contribution < -0.4 is 5.32 Å². The second kappa shape index (κ2) is 7.04. The lowest BCUT2D eigenvalue weighted by molar-refractivity contribution is 0.0849. The van der Waals surface area contributed by atoms with Gasteiger partial charge < -0.3 is 14.5 Å². The predicted molar refractivity (Wildman–Crippen MR) is 90.0 cm³/mol. The van der Waals surface area contributed by atoms with Crippen LogP contribution in [0, 0.1) is 12.8 Å². The molecule has 9 heteroatoms. The maximum Gasteiger partial charge on any atom is 0.271 e. The summed E-state index contributed by atoms with van der Waals surface area (Å²) in [6, 6.07) is 1.84. The number of fused-ring (bicyclic) bond motifs is 1. The van der Waals surface area contributed by atoms with Gasteiger partial charge in [0.25, 0.3) is 5.91 Å². The van der Waals surface area contributed by atoms with E-state index in [-0.39, 0.29) is 11.8 Å². The molecule has 0 aromatic carbocycles. The Morgan fingerprint density at radius 1 is 1.38 bits per heavy atom. The smallest absolute Gasteiger partial charge is 0.271 e. The predicted octanol–water partition coefficient (Wildman–Crippen LogP) is 1.21. The molecule has 0 radical (unpaired) electrons. The number of amides is 1. The van der Waals surface area contributed by atoms with Crippen LogP contribution in [0.5, 0.6) is 0 Å². The van der Waals surface area contributed by atoms with E-state index in [1.807, 2.05) is 17.7 Å². The van der Waals surface area contributed by atoms with E-state index >= 15 is 0 Å². The number of aryl methyl sites for hydroxylation is 1. The monoisotopic (exact) mass is 354 g/mol. The third-order valence-corrected chi connectivity index (χ3v) is 4.22. The summed E-state index contributed by atoms with van der Waals surface area (Å²) in [7, 11) is 0. The van der Waals surface area contributed by atoms with Crippen LogP contribution in [0.3, 0.4) is 0 Å². The van der Waals surface area contributed by atoms with Crippen molar-refractivity contribution >= 4 is 5.91 Å². The zero-order valence-electron chi connectivity index (χ0n) is 14.3. The molecule has 1 N–H and O–H groups in total. The van der Waals surface area contributed by atoms with Gasteiger partial charge in [0.15, 0.2) is 0 Å². The van der Waals surface area contributed by atoms with E-state index in [1.54, 1.807) is 18.7 Å². The minimum Gasteiger partial charge on any atom is -0.472 e. The molecule has 0 spiro atoms. The van der Waals surface area contributed by atoms with Crippen LogP contribution in [-0.2, 0) is 17.9 Å². The van der Waals surface area contributed by atoms with Crippen molar-refractivity contribution in [2.75, 3.05) is 13.2 Å². The molecule has 9 nitrogen and oxygen atoms in total. The summed E-state index contributed by atoms with van der Waals surface area (Å²) >= 11 is 0. The number of nitrogens with one attached hydrogen (secondary N) is 1. The standard InChI is InChI=1S/C17H18N6O3/c1-11-4-19-14(6-18-11)17(24)20-5-12-7-23-15(10-26-8-12)16(21-22-23)13-2-3-25-9-13/h2-4,6,9,12H,5,7-8,10H2,1H3,(H,20,24). The van der Waals surface area contributed by atoms with Crippen molar-refractivity contribution in [3.63, 3.8) is 0 Å². The first-order valence-corrected chi connectivity index (χ1v) is 8.30. The van der Waals surface area contributed by atoms with E-state index in [0.29, 0.717) is 32.0 Å². The number of carbonyl (C=O) groups excluding carboxylic acids is 1. The Bertz CT molecular complexity index is 888.